The number of aryl methyl sites for hydroxylation is 2. The molecule has 0 saturated carbocycles. The number of benzene rings is 1. The molecule has 0 bridgehead atoms. The van der Waals surface area contributed by atoms with Gasteiger partial charge in [-0.1, -0.05) is 5.16 Å². The number of amides is 1. The van der Waals surface area contributed by atoms with Gasteiger partial charge in [-0.3, -0.25) is 9.48 Å². The second-order valence-electron chi connectivity index (χ2n) is 5.71. The van der Waals surface area contributed by atoms with E-state index in [2.05, 4.69) is 20.3 Å². The molecule has 26 heavy (non-hydrogen) atoms. The van der Waals surface area contributed by atoms with Gasteiger partial charge in [0.1, 0.15) is 5.75 Å². The fourth-order valence-corrected chi connectivity index (χ4v) is 2.58. The minimum atomic E-state index is -2.89. The Hall–Kier alpha value is -2.97. The van der Waals surface area contributed by atoms with Crippen LogP contribution in [0.2, 0.25) is 0 Å². The quantitative estimate of drug-likeness (QED) is 0.855. The Bertz CT molecular complexity index is 818. The van der Waals surface area contributed by atoms with Crippen molar-refractivity contribution in [1.82, 2.24) is 9.78 Å². The van der Waals surface area contributed by atoms with Gasteiger partial charge in [0.05, 0.1) is 11.4 Å². The lowest BCUT2D eigenvalue weighted by atomic mass is 10.1. The first-order valence-corrected chi connectivity index (χ1v) is 8.09. The Morgan fingerprint density at radius 3 is 2.77 bits per heavy atom. The first kappa shape index (κ1) is 17.8. The Labute approximate surface area is 148 Å². The summed E-state index contributed by atoms with van der Waals surface area (Å²) in [5, 5.41) is 11.0. The standard InChI is InChI=1S/C17H18F2N4O3/c1-3-23-9-13(10(2)21-23)14-8-15(26-22-14)16(24)20-11-4-6-12(7-5-11)25-17(18)19/h4-7,9,15,17H,3,8H2,1-2H3,(H,20,24). The molecule has 2 heterocycles. The van der Waals surface area contributed by atoms with E-state index in [1.807, 2.05) is 20.0 Å². The Morgan fingerprint density at radius 1 is 1.42 bits per heavy atom. The van der Waals surface area contributed by atoms with Crippen LogP contribution in [-0.2, 0) is 16.2 Å². The first-order valence-electron chi connectivity index (χ1n) is 8.09. The number of carbonyl (C=O) groups excluding carboxylic acids is 1. The molecular formula is C17H18F2N4O3. The summed E-state index contributed by atoms with van der Waals surface area (Å²) in [5.41, 5.74) is 2.80. The summed E-state index contributed by atoms with van der Waals surface area (Å²) in [4.78, 5) is 17.6. The van der Waals surface area contributed by atoms with E-state index < -0.39 is 12.7 Å². The molecule has 3 rings (SSSR count). The number of halogens is 2. The van der Waals surface area contributed by atoms with Gasteiger partial charge in [0, 0.05) is 30.4 Å². The van der Waals surface area contributed by atoms with Crippen LogP contribution >= 0.6 is 0 Å². The highest BCUT2D eigenvalue weighted by molar-refractivity contribution is 6.06. The summed E-state index contributed by atoms with van der Waals surface area (Å²) >= 11 is 0. The van der Waals surface area contributed by atoms with Gasteiger partial charge in [-0.15, -0.1) is 0 Å². The SMILES string of the molecule is CCn1cc(C2=NOC(C(=O)Nc3ccc(OC(F)F)cc3)C2)c(C)n1. The molecule has 7 nitrogen and oxygen atoms in total. The Morgan fingerprint density at radius 2 is 2.15 bits per heavy atom. The minimum absolute atomic E-state index is 0.0177. The maximum Gasteiger partial charge on any atom is 0.387 e. The normalized spacial score (nSPS) is 16.3. The molecule has 0 fully saturated rings. The van der Waals surface area contributed by atoms with Crippen LogP contribution in [-0.4, -0.2) is 34.1 Å². The second kappa shape index (κ2) is 7.51. The van der Waals surface area contributed by atoms with Crippen LogP contribution in [0.15, 0.2) is 35.6 Å². The number of alkyl halides is 2. The molecule has 9 heteroatoms. The summed E-state index contributed by atoms with van der Waals surface area (Å²) in [6.07, 6.45) is 1.44. The molecule has 1 amide bonds. The summed E-state index contributed by atoms with van der Waals surface area (Å²) in [6, 6.07) is 5.65. The summed E-state index contributed by atoms with van der Waals surface area (Å²) in [7, 11) is 0. The van der Waals surface area contributed by atoms with E-state index in [0.717, 1.165) is 17.8 Å². The lowest BCUT2D eigenvalue weighted by Crippen LogP contribution is -2.28. The molecule has 1 aromatic heterocycles. The second-order valence-corrected chi connectivity index (χ2v) is 5.71. The monoisotopic (exact) mass is 364 g/mol. The van der Waals surface area contributed by atoms with Gasteiger partial charge >= 0.3 is 6.61 Å². The lowest BCUT2D eigenvalue weighted by molar-refractivity contribution is -0.125. The van der Waals surface area contributed by atoms with Crippen LogP contribution < -0.4 is 10.1 Å². The van der Waals surface area contributed by atoms with Gasteiger partial charge in [0.25, 0.3) is 5.91 Å². The fourth-order valence-electron chi connectivity index (χ4n) is 2.58. The number of ether oxygens (including phenoxy) is 1. The Balaban J connectivity index is 1.59. The third kappa shape index (κ3) is 3.98. The molecule has 0 saturated heterocycles. The number of hydrogen-bond donors (Lipinski definition) is 1. The maximum absolute atomic E-state index is 12.3. The number of carbonyl (C=O) groups is 1. The van der Waals surface area contributed by atoms with E-state index in [-0.39, 0.29) is 11.7 Å². The molecule has 0 radical (unpaired) electrons. The van der Waals surface area contributed by atoms with Gasteiger partial charge in [-0.25, -0.2) is 0 Å². The van der Waals surface area contributed by atoms with E-state index in [4.69, 9.17) is 4.84 Å². The fraction of sp³-hybridized carbons (Fsp3) is 0.353. The molecule has 0 aliphatic carbocycles. The molecule has 1 aromatic carbocycles. The zero-order chi connectivity index (χ0) is 18.7. The topological polar surface area (TPSA) is 77.7 Å². The van der Waals surface area contributed by atoms with E-state index in [1.165, 1.54) is 24.3 Å². The van der Waals surface area contributed by atoms with E-state index in [0.29, 0.717) is 17.8 Å². The molecular weight excluding hydrogens is 346 g/mol. The summed E-state index contributed by atoms with van der Waals surface area (Å²) in [5.74, 6) is -0.351. The molecule has 1 atom stereocenters. The largest absolute Gasteiger partial charge is 0.435 e. The maximum atomic E-state index is 12.3. The van der Waals surface area contributed by atoms with Crippen LogP contribution in [0.5, 0.6) is 5.75 Å². The number of rotatable bonds is 6. The molecule has 0 spiro atoms. The average molecular weight is 364 g/mol. The van der Waals surface area contributed by atoms with E-state index in [9.17, 15) is 13.6 Å². The first-order chi connectivity index (χ1) is 12.5. The van der Waals surface area contributed by atoms with E-state index >= 15 is 0 Å². The predicted molar refractivity (Wildman–Crippen MR) is 90.4 cm³/mol. The van der Waals surface area contributed by atoms with Crippen molar-refractivity contribution >= 4 is 17.3 Å². The van der Waals surface area contributed by atoms with E-state index in [1.54, 1.807) is 4.68 Å². The molecule has 2 aromatic rings. The number of oxime groups is 1. The van der Waals surface area contributed by atoms with Gasteiger partial charge < -0.3 is 14.9 Å². The van der Waals surface area contributed by atoms with Crippen molar-refractivity contribution in [2.24, 2.45) is 5.16 Å². The third-order valence-corrected chi connectivity index (χ3v) is 3.89. The zero-order valence-corrected chi connectivity index (χ0v) is 14.3. The van der Waals surface area contributed by atoms with Crippen molar-refractivity contribution in [2.75, 3.05) is 5.32 Å². The molecule has 1 aliphatic rings. The van der Waals surface area contributed by atoms with Crippen molar-refractivity contribution in [1.29, 1.82) is 0 Å². The molecule has 138 valence electrons. The number of aromatic nitrogens is 2. The van der Waals surface area contributed by atoms with Gasteiger partial charge in [0.2, 0.25) is 6.10 Å². The van der Waals surface area contributed by atoms with Crippen molar-refractivity contribution in [3.63, 3.8) is 0 Å². The van der Waals surface area contributed by atoms with Gasteiger partial charge in [0.15, 0.2) is 0 Å². The summed E-state index contributed by atoms with van der Waals surface area (Å²) in [6.45, 7) is 1.71. The van der Waals surface area contributed by atoms with Crippen LogP contribution in [0, 0.1) is 6.92 Å². The van der Waals surface area contributed by atoms with Crippen LogP contribution in [0.25, 0.3) is 0 Å². The predicted octanol–water partition coefficient (Wildman–Crippen LogP) is 2.94. The molecule has 1 aliphatic heterocycles. The van der Waals surface area contributed by atoms with Crippen LogP contribution in [0.3, 0.4) is 0 Å². The highest BCUT2D eigenvalue weighted by Crippen LogP contribution is 2.22. The third-order valence-electron chi connectivity index (χ3n) is 3.89. The van der Waals surface area contributed by atoms with Crippen molar-refractivity contribution in [3.05, 3.63) is 41.7 Å². The lowest BCUT2D eigenvalue weighted by Gasteiger charge is -2.10. The number of anilines is 1. The number of nitrogens with one attached hydrogen (secondary N) is 1. The van der Waals surface area contributed by atoms with Crippen molar-refractivity contribution < 1.29 is 23.1 Å². The highest BCUT2D eigenvalue weighted by Gasteiger charge is 2.30. The number of hydrogen-bond acceptors (Lipinski definition) is 5. The number of nitrogens with zero attached hydrogens (tertiary/aromatic N) is 3. The molecule has 1 N–H and O–H groups in total. The van der Waals surface area contributed by atoms with Crippen molar-refractivity contribution in [2.45, 2.75) is 39.5 Å². The van der Waals surface area contributed by atoms with Crippen LogP contribution in [0.1, 0.15) is 24.6 Å². The minimum Gasteiger partial charge on any atom is -0.435 e. The van der Waals surface area contributed by atoms with Gasteiger partial charge in [-0.05, 0) is 38.1 Å². The zero-order valence-electron chi connectivity index (χ0n) is 14.3. The summed E-state index contributed by atoms with van der Waals surface area (Å²) < 4.78 is 30.3. The highest BCUT2D eigenvalue weighted by atomic mass is 19.3. The van der Waals surface area contributed by atoms with Crippen molar-refractivity contribution in [3.8, 4) is 5.75 Å². The van der Waals surface area contributed by atoms with Crippen LogP contribution in [0.4, 0.5) is 14.5 Å². The molecule has 1 unspecified atom stereocenters. The average Bonchev–Trinajstić information content (AvgIpc) is 3.22. The smallest absolute Gasteiger partial charge is 0.387 e. The Kier molecular flexibility index (Phi) is 5.15. The van der Waals surface area contributed by atoms with Gasteiger partial charge in [-0.2, -0.15) is 13.9 Å².